The average Bonchev–Trinajstić information content (AvgIpc) is 3.42. The molecule has 2 N–H and O–H groups in total. The molecule has 0 aliphatic carbocycles. The largest absolute Gasteiger partial charge is 0.465 e. The lowest BCUT2D eigenvalue weighted by atomic mass is 9.81. The third-order valence-electron chi connectivity index (χ3n) is 6.52. The third-order valence-corrected chi connectivity index (χ3v) is 7.27. The van der Waals surface area contributed by atoms with Crippen molar-refractivity contribution in [1.82, 2.24) is 20.1 Å². The summed E-state index contributed by atoms with van der Waals surface area (Å²) in [5.74, 6) is 0. The summed E-state index contributed by atoms with van der Waals surface area (Å²) in [7, 11) is 0. The van der Waals surface area contributed by atoms with E-state index in [1.54, 1.807) is 11.7 Å². The summed E-state index contributed by atoms with van der Waals surface area (Å²) in [5.41, 5.74) is 3.39. The lowest BCUT2D eigenvalue weighted by Crippen LogP contribution is -2.55. The zero-order valence-corrected chi connectivity index (χ0v) is 21.0. The Labute approximate surface area is 215 Å². The second-order valence-electron chi connectivity index (χ2n) is 9.14. The number of benzene rings is 2. The number of hydrogen-bond acceptors (Lipinski definition) is 6. The van der Waals surface area contributed by atoms with E-state index in [-0.39, 0.29) is 6.61 Å². The summed E-state index contributed by atoms with van der Waals surface area (Å²) in [6, 6.07) is 20.3. The number of rotatable bonds is 10. The molecule has 0 radical (unpaired) electrons. The lowest BCUT2D eigenvalue weighted by molar-refractivity contribution is 0.0953. The summed E-state index contributed by atoms with van der Waals surface area (Å²) in [5, 5.41) is 12.5. The molecule has 36 heavy (non-hydrogen) atoms. The molecule has 190 valence electrons. The molecule has 0 unspecified atom stereocenters. The van der Waals surface area contributed by atoms with E-state index in [0.717, 1.165) is 22.5 Å². The van der Waals surface area contributed by atoms with E-state index >= 15 is 0 Å². The molecule has 2 amide bonds. The Morgan fingerprint density at radius 1 is 0.972 bits per heavy atom. The molecule has 3 aromatic rings. The fourth-order valence-electron chi connectivity index (χ4n) is 4.60. The van der Waals surface area contributed by atoms with Gasteiger partial charge in [-0.3, -0.25) is 9.88 Å². The molecule has 8 nitrogen and oxygen atoms in total. The molecule has 9 heteroatoms. The van der Waals surface area contributed by atoms with Crippen LogP contribution in [0.25, 0.3) is 0 Å². The molecule has 4 rings (SSSR count). The van der Waals surface area contributed by atoms with E-state index in [1.807, 2.05) is 36.4 Å². The zero-order chi connectivity index (χ0) is 25.2. The molecule has 1 saturated heterocycles. The molecule has 1 aliphatic heterocycles. The molecular formula is C27H32N4O4S. The van der Waals surface area contributed by atoms with Crippen LogP contribution in [0, 0.1) is 0 Å². The third kappa shape index (κ3) is 7.53. The Hall–Kier alpha value is -3.43. The van der Waals surface area contributed by atoms with Gasteiger partial charge >= 0.3 is 12.2 Å². The zero-order valence-electron chi connectivity index (χ0n) is 20.2. The Bertz CT molecular complexity index is 1050. The maximum atomic E-state index is 13.1. The number of nitrogens with zero attached hydrogens (tertiary/aromatic N) is 3. The number of aromatic nitrogens is 1. The van der Waals surface area contributed by atoms with Crippen molar-refractivity contribution in [2.75, 3.05) is 32.7 Å². The summed E-state index contributed by atoms with van der Waals surface area (Å²) in [4.78, 5) is 33.0. The Morgan fingerprint density at radius 2 is 1.58 bits per heavy atom. The van der Waals surface area contributed by atoms with Crippen LogP contribution in [0.15, 0.2) is 72.4 Å². The number of piperazine rings is 1. The number of nitrogens with one attached hydrogen (secondary N) is 1. The number of amides is 2. The number of carbonyl (C=O) groups excluding carboxylic acids is 1. The Kier molecular flexibility index (Phi) is 8.91. The second kappa shape index (κ2) is 12.5. The summed E-state index contributed by atoms with van der Waals surface area (Å²) < 4.78 is 5.58. The van der Waals surface area contributed by atoms with E-state index in [0.29, 0.717) is 45.4 Å². The highest BCUT2D eigenvalue weighted by atomic mass is 32.1. The molecule has 1 aromatic heterocycles. The van der Waals surface area contributed by atoms with Crippen LogP contribution in [0.4, 0.5) is 9.59 Å². The Balaban J connectivity index is 1.53. The number of carbonyl (C=O) groups is 2. The predicted molar refractivity (Wildman–Crippen MR) is 139 cm³/mol. The van der Waals surface area contributed by atoms with E-state index in [4.69, 9.17) is 4.74 Å². The molecule has 0 saturated carbocycles. The monoisotopic (exact) mass is 508 g/mol. The first kappa shape index (κ1) is 25.7. The summed E-state index contributed by atoms with van der Waals surface area (Å²) in [6.45, 7) is 3.25. The smallest absolute Gasteiger partial charge is 0.407 e. The maximum Gasteiger partial charge on any atom is 0.407 e. The van der Waals surface area contributed by atoms with Gasteiger partial charge < -0.3 is 20.1 Å². The minimum Gasteiger partial charge on any atom is -0.465 e. The van der Waals surface area contributed by atoms with Gasteiger partial charge in [0.05, 0.1) is 15.9 Å². The van der Waals surface area contributed by atoms with Gasteiger partial charge in [0.15, 0.2) is 0 Å². The molecule has 0 spiro atoms. The summed E-state index contributed by atoms with van der Waals surface area (Å²) in [6.07, 6.45) is 2.37. The SMILES string of the molecule is O=C(NC(CCN1CCN(C(=O)O)CC1)(Cc1ccccc1)Cc1ccccc1)OCc1cncs1. The van der Waals surface area contributed by atoms with Gasteiger partial charge in [0.1, 0.15) is 6.61 Å². The first-order valence-electron chi connectivity index (χ1n) is 12.1. The van der Waals surface area contributed by atoms with Crippen molar-refractivity contribution in [3.05, 3.63) is 88.4 Å². The van der Waals surface area contributed by atoms with Crippen molar-refractivity contribution < 1.29 is 19.4 Å². The van der Waals surface area contributed by atoms with Gasteiger partial charge in [-0.05, 0) is 30.4 Å². The van der Waals surface area contributed by atoms with Crippen LogP contribution in [0.2, 0.25) is 0 Å². The van der Waals surface area contributed by atoms with Gasteiger partial charge in [-0.25, -0.2) is 9.59 Å². The van der Waals surface area contributed by atoms with Gasteiger partial charge in [0, 0.05) is 38.9 Å². The van der Waals surface area contributed by atoms with Crippen LogP contribution in [0.3, 0.4) is 0 Å². The number of ether oxygens (including phenoxy) is 1. The van der Waals surface area contributed by atoms with Crippen LogP contribution in [-0.4, -0.2) is 70.3 Å². The highest BCUT2D eigenvalue weighted by Gasteiger charge is 2.34. The maximum absolute atomic E-state index is 13.1. The van der Waals surface area contributed by atoms with Crippen molar-refractivity contribution in [2.24, 2.45) is 0 Å². The lowest BCUT2D eigenvalue weighted by Gasteiger charge is -2.39. The van der Waals surface area contributed by atoms with Crippen molar-refractivity contribution in [3.8, 4) is 0 Å². The van der Waals surface area contributed by atoms with Gasteiger partial charge in [-0.2, -0.15) is 0 Å². The van der Waals surface area contributed by atoms with Gasteiger partial charge in [-0.1, -0.05) is 60.7 Å². The minimum absolute atomic E-state index is 0.181. The predicted octanol–water partition coefficient (Wildman–Crippen LogP) is 4.28. The molecule has 0 atom stereocenters. The second-order valence-corrected chi connectivity index (χ2v) is 10.1. The van der Waals surface area contributed by atoms with Crippen molar-refractivity contribution in [3.63, 3.8) is 0 Å². The molecule has 2 aromatic carbocycles. The van der Waals surface area contributed by atoms with Crippen LogP contribution in [0.1, 0.15) is 22.4 Å². The molecular weight excluding hydrogens is 476 g/mol. The molecule has 2 heterocycles. The van der Waals surface area contributed by atoms with E-state index in [9.17, 15) is 14.7 Å². The van der Waals surface area contributed by atoms with Crippen molar-refractivity contribution in [1.29, 1.82) is 0 Å². The molecule has 1 aliphatic rings. The molecule has 0 bridgehead atoms. The van der Waals surface area contributed by atoms with Gasteiger partial charge in [-0.15, -0.1) is 11.3 Å². The first-order chi connectivity index (χ1) is 17.5. The number of thiazole rings is 1. The standard InChI is InChI=1S/C27H32N4O4S/c32-25(35-20-24-19-28-21-36-24)29-27(17-22-7-3-1-4-8-22,18-23-9-5-2-6-10-23)11-12-30-13-15-31(16-14-30)26(33)34/h1-10,19,21H,11-18,20H2,(H,29,32)(H,33,34). The fraction of sp³-hybridized carbons (Fsp3) is 0.370. The fourth-order valence-corrected chi connectivity index (χ4v) is 5.11. The first-order valence-corrected chi connectivity index (χ1v) is 13.0. The van der Waals surface area contributed by atoms with Gasteiger partial charge in [0.25, 0.3) is 0 Å². The topological polar surface area (TPSA) is 95.0 Å². The number of alkyl carbamates (subject to hydrolysis) is 1. The highest BCUT2D eigenvalue weighted by molar-refractivity contribution is 7.09. The van der Waals surface area contributed by atoms with Crippen molar-refractivity contribution in [2.45, 2.75) is 31.4 Å². The van der Waals surface area contributed by atoms with Crippen LogP contribution >= 0.6 is 11.3 Å². The normalized spacial score (nSPS) is 14.4. The highest BCUT2D eigenvalue weighted by Crippen LogP contribution is 2.25. The summed E-state index contributed by atoms with van der Waals surface area (Å²) >= 11 is 1.45. The minimum atomic E-state index is -0.873. The average molecular weight is 509 g/mol. The Morgan fingerprint density at radius 3 is 2.11 bits per heavy atom. The van der Waals surface area contributed by atoms with E-state index < -0.39 is 17.7 Å². The quantitative estimate of drug-likeness (QED) is 0.425. The number of hydrogen-bond donors (Lipinski definition) is 2. The van der Waals surface area contributed by atoms with Crippen LogP contribution in [-0.2, 0) is 24.2 Å². The number of carboxylic acid groups (broad SMARTS) is 1. The van der Waals surface area contributed by atoms with E-state index in [1.165, 1.54) is 16.2 Å². The van der Waals surface area contributed by atoms with E-state index in [2.05, 4.69) is 39.5 Å². The van der Waals surface area contributed by atoms with Crippen LogP contribution in [0.5, 0.6) is 0 Å². The molecule has 1 fully saturated rings. The van der Waals surface area contributed by atoms with Crippen molar-refractivity contribution >= 4 is 23.5 Å². The van der Waals surface area contributed by atoms with Crippen LogP contribution < -0.4 is 5.32 Å². The van der Waals surface area contributed by atoms with Gasteiger partial charge in [0.2, 0.25) is 0 Å².